The van der Waals surface area contributed by atoms with Crippen molar-refractivity contribution in [1.82, 2.24) is 14.9 Å². The maximum atomic E-state index is 12.0. The van der Waals surface area contributed by atoms with Crippen LogP contribution in [0.3, 0.4) is 0 Å². The van der Waals surface area contributed by atoms with Gasteiger partial charge in [0.2, 0.25) is 0 Å². The minimum Gasteiger partial charge on any atom is -0.396 e. The van der Waals surface area contributed by atoms with Gasteiger partial charge in [-0.05, 0) is 6.42 Å². The van der Waals surface area contributed by atoms with E-state index in [2.05, 4.69) is 15.3 Å². The summed E-state index contributed by atoms with van der Waals surface area (Å²) in [5, 5.41) is 11.9. The molecule has 0 radical (unpaired) electrons. The van der Waals surface area contributed by atoms with Crippen molar-refractivity contribution in [2.24, 2.45) is 5.92 Å². The highest BCUT2D eigenvalue weighted by atomic mass is 16.3. The topological polar surface area (TPSA) is 78.4 Å². The standard InChI is InChI=1S/C11H16N4O2/c1-12-10-5-13-9(4-14-10)11(17)15-3-2-8(6-15)7-16/h4-5,8,16H,2-3,6-7H2,1H3,(H,12,14). The Balaban J connectivity index is 2.04. The second-order valence-corrected chi connectivity index (χ2v) is 4.13. The van der Waals surface area contributed by atoms with Gasteiger partial charge in [-0.25, -0.2) is 9.97 Å². The Morgan fingerprint density at radius 2 is 2.41 bits per heavy atom. The molecule has 0 aliphatic carbocycles. The quantitative estimate of drug-likeness (QED) is 0.770. The normalized spacial score (nSPS) is 19.4. The third-order valence-electron chi connectivity index (χ3n) is 2.96. The van der Waals surface area contributed by atoms with Gasteiger partial charge >= 0.3 is 0 Å². The van der Waals surface area contributed by atoms with Crippen molar-refractivity contribution in [3.63, 3.8) is 0 Å². The summed E-state index contributed by atoms with van der Waals surface area (Å²) in [5.41, 5.74) is 0.350. The minimum absolute atomic E-state index is 0.115. The summed E-state index contributed by atoms with van der Waals surface area (Å²) in [6, 6.07) is 0. The lowest BCUT2D eigenvalue weighted by atomic mass is 10.1. The number of likely N-dealkylation sites (tertiary alicyclic amines) is 1. The first-order valence-electron chi connectivity index (χ1n) is 5.64. The van der Waals surface area contributed by atoms with Crippen LogP contribution >= 0.6 is 0 Å². The van der Waals surface area contributed by atoms with Gasteiger partial charge in [-0.2, -0.15) is 0 Å². The highest BCUT2D eigenvalue weighted by molar-refractivity contribution is 5.92. The zero-order valence-corrected chi connectivity index (χ0v) is 9.76. The molecule has 2 rings (SSSR count). The fourth-order valence-corrected chi connectivity index (χ4v) is 1.90. The van der Waals surface area contributed by atoms with Crippen LogP contribution in [0.4, 0.5) is 5.82 Å². The molecule has 1 aromatic heterocycles. The minimum atomic E-state index is -0.115. The number of carbonyl (C=O) groups excluding carboxylic acids is 1. The second-order valence-electron chi connectivity index (χ2n) is 4.13. The SMILES string of the molecule is CNc1cnc(C(=O)N2CCC(CO)C2)cn1. The molecule has 0 bridgehead atoms. The largest absolute Gasteiger partial charge is 0.396 e. The Hall–Kier alpha value is -1.69. The fourth-order valence-electron chi connectivity index (χ4n) is 1.90. The number of nitrogens with zero attached hydrogens (tertiary/aromatic N) is 3. The van der Waals surface area contributed by atoms with E-state index in [-0.39, 0.29) is 18.4 Å². The maximum absolute atomic E-state index is 12.0. The highest BCUT2D eigenvalue weighted by Crippen LogP contribution is 2.17. The van der Waals surface area contributed by atoms with E-state index in [0.717, 1.165) is 6.42 Å². The number of aromatic nitrogens is 2. The molecule has 1 atom stereocenters. The molecule has 0 spiro atoms. The van der Waals surface area contributed by atoms with Crippen molar-refractivity contribution in [2.45, 2.75) is 6.42 Å². The van der Waals surface area contributed by atoms with E-state index in [1.54, 1.807) is 11.9 Å². The number of hydrogen-bond donors (Lipinski definition) is 2. The molecule has 1 aliphatic rings. The summed E-state index contributed by atoms with van der Waals surface area (Å²) in [7, 11) is 1.75. The third kappa shape index (κ3) is 2.52. The van der Waals surface area contributed by atoms with Crippen molar-refractivity contribution in [3.05, 3.63) is 18.1 Å². The molecule has 2 heterocycles. The monoisotopic (exact) mass is 236 g/mol. The molecule has 2 N–H and O–H groups in total. The van der Waals surface area contributed by atoms with Crippen molar-refractivity contribution in [3.8, 4) is 0 Å². The molecule has 1 saturated heterocycles. The van der Waals surface area contributed by atoms with Gasteiger partial charge in [-0.3, -0.25) is 4.79 Å². The molecule has 0 aromatic carbocycles. The van der Waals surface area contributed by atoms with Gasteiger partial charge < -0.3 is 15.3 Å². The highest BCUT2D eigenvalue weighted by Gasteiger charge is 2.27. The van der Waals surface area contributed by atoms with Gasteiger partial charge in [0.05, 0.1) is 12.4 Å². The van der Waals surface area contributed by atoms with Crippen molar-refractivity contribution < 1.29 is 9.90 Å². The Morgan fingerprint density at radius 1 is 1.59 bits per heavy atom. The van der Waals surface area contributed by atoms with E-state index < -0.39 is 0 Å². The lowest BCUT2D eigenvalue weighted by Crippen LogP contribution is -2.30. The van der Waals surface area contributed by atoms with Crippen LogP contribution in [0, 0.1) is 5.92 Å². The summed E-state index contributed by atoms with van der Waals surface area (Å²) in [6.45, 7) is 1.42. The maximum Gasteiger partial charge on any atom is 0.274 e. The predicted octanol–water partition coefficient (Wildman–Crippen LogP) is -0.0273. The van der Waals surface area contributed by atoms with Crippen LogP contribution < -0.4 is 5.32 Å². The van der Waals surface area contributed by atoms with E-state index in [1.165, 1.54) is 12.4 Å². The summed E-state index contributed by atoms with van der Waals surface area (Å²) in [6.07, 6.45) is 3.86. The molecule has 1 amide bonds. The van der Waals surface area contributed by atoms with Crippen molar-refractivity contribution in [1.29, 1.82) is 0 Å². The van der Waals surface area contributed by atoms with Gasteiger partial charge in [0.1, 0.15) is 11.5 Å². The van der Waals surface area contributed by atoms with Crippen LogP contribution in [-0.4, -0.2) is 52.6 Å². The number of aliphatic hydroxyl groups excluding tert-OH is 1. The van der Waals surface area contributed by atoms with Gasteiger partial charge in [0, 0.05) is 32.7 Å². The summed E-state index contributed by atoms with van der Waals surface area (Å²) >= 11 is 0. The first-order valence-corrected chi connectivity index (χ1v) is 5.64. The first-order chi connectivity index (χ1) is 8.24. The lowest BCUT2D eigenvalue weighted by Gasteiger charge is -2.15. The lowest BCUT2D eigenvalue weighted by molar-refractivity contribution is 0.0775. The molecule has 0 saturated carbocycles. The fraction of sp³-hybridized carbons (Fsp3) is 0.545. The summed E-state index contributed by atoms with van der Waals surface area (Å²) in [4.78, 5) is 21.9. The van der Waals surface area contributed by atoms with Crippen molar-refractivity contribution in [2.75, 3.05) is 32.1 Å². The summed E-state index contributed by atoms with van der Waals surface area (Å²) in [5.74, 6) is 0.718. The Kier molecular flexibility index (Phi) is 3.53. The van der Waals surface area contributed by atoms with E-state index in [1.807, 2.05) is 0 Å². The molecule has 1 aliphatic heterocycles. The summed E-state index contributed by atoms with van der Waals surface area (Å²) < 4.78 is 0. The van der Waals surface area contributed by atoms with Crippen LogP contribution in [0.1, 0.15) is 16.9 Å². The zero-order chi connectivity index (χ0) is 12.3. The van der Waals surface area contributed by atoms with Gasteiger partial charge in [-0.1, -0.05) is 0 Å². The molecule has 1 unspecified atom stereocenters. The van der Waals surface area contributed by atoms with Crippen LogP contribution in [0.5, 0.6) is 0 Å². The van der Waals surface area contributed by atoms with Crippen LogP contribution in [0.2, 0.25) is 0 Å². The molecule has 1 aromatic rings. The number of amides is 1. The number of hydrogen-bond acceptors (Lipinski definition) is 5. The van der Waals surface area contributed by atoms with Crippen LogP contribution in [0.15, 0.2) is 12.4 Å². The number of anilines is 1. The Morgan fingerprint density at radius 3 is 2.94 bits per heavy atom. The Labute approximate surface area is 99.7 Å². The number of rotatable bonds is 3. The van der Waals surface area contributed by atoms with Gasteiger partial charge in [-0.15, -0.1) is 0 Å². The first kappa shape index (κ1) is 11.8. The van der Waals surface area contributed by atoms with Gasteiger partial charge in [0.15, 0.2) is 0 Å². The number of carbonyl (C=O) groups is 1. The molecular weight excluding hydrogens is 220 g/mol. The van der Waals surface area contributed by atoms with Crippen LogP contribution in [0.25, 0.3) is 0 Å². The Bertz CT molecular complexity index is 393. The second kappa shape index (κ2) is 5.09. The average Bonchev–Trinajstić information content (AvgIpc) is 2.87. The van der Waals surface area contributed by atoms with Gasteiger partial charge in [0.25, 0.3) is 5.91 Å². The molecule has 92 valence electrons. The van der Waals surface area contributed by atoms with E-state index in [4.69, 9.17) is 5.11 Å². The van der Waals surface area contributed by atoms with E-state index in [0.29, 0.717) is 24.6 Å². The third-order valence-corrected chi connectivity index (χ3v) is 2.96. The van der Waals surface area contributed by atoms with Crippen molar-refractivity contribution >= 4 is 11.7 Å². The van der Waals surface area contributed by atoms with E-state index >= 15 is 0 Å². The smallest absolute Gasteiger partial charge is 0.274 e. The molecule has 6 nitrogen and oxygen atoms in total. The zero-order valence-electron chi connectivity index (χ0n) is 9.76. The molecule has 1 fully saturated rings. The molecular formula is C11H16N4O2. The number of nitrogens with one attached hydrogen (secondary N) is 1. The average molecular weight is 236 g/mol. The molecule has 17 heavy (non-hydrogen) atoms. The predicted molar refractivity (Wildman–Crippen MR) is 62.7 cm³/mol. The number of aliphatic hydroxyl groups is 1. The van der Waals surface area contributed by atoms with E-state index in [9.17, 15) is 4.79 Å². The molecule has 6 heteroatoms. The van der Waals surface area contributed by atoms with Crippen LogP contribution in [-0.2, 0) is 0 Å².